The van der Waals surface area contributed by atoms with Gasteiger partial charge in [-0.05, 0) is 24.5 Å². The Morgan fingerprint density at radius 1 is 1.56 bits per heavy atom. The molecule has 5 heteroatoms. The summed E-state index contributed by atoms with van der Waals surface area (Å²) in [6, 6.07) is 3.86. The van der Waals surface area contributed by atoms with Gasteiger partial charge in [-0.15, -0.1) is 11.3 Å². The van der Waals surface area contributed by atoms with Crippen LogP contribution in [0.25, 0.3) is 11.3 Å². The Bertz CT molecular complexity index is 567. The molecule has 0 bridgehead atoms. The van der Waals surface area contributed by atoms with Gasteiger partial charge in [0.2, 0.25) is 0 Å². The molecule has 2 unspecified atom stereocenters. The van der Waals surface area contributed by atoms with Crippen molar-refractivity contribution in [1.82, 2.24) is 9.97 Å². The summed E-state index contributed by atoms with van der Waals surface area (Å²) in [5.41, 5.74) is 1.93. The van der Waals surface area contributed by atoms with Crippen molar-refractivity contribution in [2.75, 3.05) is 0 Å². The van der Waals surface area contributed by atoms with Crippen molar-refractivity contribution in [2.24, 2.45) is 11.8 Å². The first-order valence-corrected chi connectivity index (χ1v) is 6.69. The average molecular weight is 260 g/mol. The van der Waals surface area contributed by atoms with Crippen molar-refractivity contribution < 1.29 is 9.90 Å². The van der Waals surface area contributed by atoms with Crippen molar-refractivity contribution in [2.45, 2.75) is 12.8 Å². The molecule has 0 radical (unpaired) electrons. The molecular formula is C13H12N2O2S. The number of pyridine rings is 1. The number of thiazole rings is 1. The van der Waals surface area contributed by atoms with Gasteiger partial charge in [0.1, 0.15) is 0 Å². The Morgan fingerprint density at radius 2 is 2.44 bits per heavy atom. The third-order valence-electron chi connectivity index (χ3n) is 3.19. The summed E-state index contributed by atoms with van der Waals surface area (Å²) >= 11 is 1.59. The molecule has 1 N–H and O–H groups in total. The second-order valence-corrected chi connectivity index (χ2v) is 5.46. The number of aromatic nitrogens is 2. The second kappa shape index (κ2) is 4.49. The summed E-state index contributed by atoms with van der Waals surface area (Å²) in [7, 11) is 0. The molecule has 2 atom stereocenters. The molecule has 1 aliphatic rings. The summed E-state index contributed by atoms with van der Waals surface area (Å²) in [5.74, 6) is -0.560. The highest BCUT2D eigenvalue weighted by Gasteiger charge is 2.43. The Kier molecular flexibility index (Phi) is 2.83. The van der Waals surface area contributed by atoms with Gasteiger partial charge in [-0.25, -0.2) is 4.98 Å². The normalized spacial score (nSPS) is 21.8. The molecule has 18 heavy (non-hydrogen) atoms. The Labute approximate surface area is 108 Å². The van der Waals surface area contributed by atoms with Crippen LogP contribution in [0.15, 0.2) is 29.9 Å². The first-order chi connectivity index (χ1) is 8.74. The largest absolute Gasteiger partial charge is 0.481 e. The molecule has 4 nitrogen and oxygen atoms in total. The molecule has 0 aromatic carbocycles. The molecule has 3 rings (SSSR count). The van der Waals surface area contributed by atoms with Crippen LogP contribution in [0, 0.1) is 11.8 Å². The first-order valence-electron chi connectivity index (χ1n) is 5.81. The maximum Gasteiger partial charge on any atom is 0.306 e. The first kappa shape index (κ1) is 11.3. The smallest absolute Gasteiger partial charge is 0.306 e. The topological polar surface area (TPSA) is 63.1 Å². The van der Waals surface area contributed by atoms with Crippen LogP contribution in [0.2, 0.25) is 0 Å². The summed E-state index contributed by atoms with van der Waals surface area (Å²) in [5, 5.41) is 11.9. The monoisotopic (exact) mass is 260 g/mol. The Hall–Kier alpha value is -1.75. The van der Waals surface area contributed by atoms with E-state index in [2.05, 4.69) is 9.97 Å². The molecule has 0 saturated heterocycles. The zero-order valence-corrected chi connectivity index (χ0v) is 10.4. The van der Waals surface area contributed by atoms with Gasteiger partial charge in [-0.2, -0.15) is 0 Å². The van der Waals surface area contributed by atoms with Crippen LogP contribution in [-0.4, -0.2) is 21.0 Å². The molecule has 0 aliphatic heterocycles. The molecule has 0 spiro atoms. The van der Waals surface area contributed by atoms with E-state index in [4.69, 9.17) is 5.11 Å². The van der Waals surface area contributed by atoms with Gasteiger partial charge in [-0.1, -0.05) is 0 Å². The predicted octanol–water partition coefficient (Wildman–Crippen LogP) is 2.47. The molecular weight excluding hydrogens is 248 g/mol. The molecule has 2 aromatic heterocycles. The number of nitrogens with zero attached hydrogens (tertiary/aromatic N) is 2. The van der Waals surface area contributed by atoms with E-state index >= 15 is 0 Å². The van der Waals surface area contributed by atoms with Gasteiger partial charge < -0.3 is 5.11 Å². The van der Waals surface area contributed by atoms with Crippen molar-refractivity contribution in [1.29, 1.82) is 0 Å². The molecule has 92 valence electrons. The summed E-state index contributed by atoms with van der Waals surface area (Å²) in [6.07, 6.45) is 5.09. The molecule has 1 fully saturated rings. The maximum atomic E-state index is 10.8. The third kappa shape index (κ3) is 2.26. The third-order valence-corrected chi connectivity index (χ3v) is 4.06. The van der Waals surface area contributed by atoms with E-state index in [1.165, 1.54) is 0 Å². The summed E-state index contributed by atoms with van der Waals surface area (Å²) in [6.45, 7) is 0. The van der Waals surface area contributed by atoms with E-state index < -0.39 is 5.97 Å². The van der Waals surface area contributed by atoms with E-state index in [1.54, 1.807) is 23.7 Å². The molecule has 2 aromatic rings. The number of carboxylic acid groups (broad SMARTS) is 1. The SMILES string of the molecule is O=C(O)C1CC1Cc1nc(-c2cccnc2)cs1. The van der Waals surface area contributed by atoms with Gasteiger partial charge in [0, 0.05) is 29.8 Å². The van der Waals surface area contributed by atoms with Crippen molar-refractivity contribution in [3.8, 4) is 11.3 Å². The standard InChI is InChI=1S/C13H12N2O2S/c16-13(17)10-4-9(10)5-12-15-11(7-18-12)8-2-1-3-14-6-8/h1-3,6-7,9-10H,4-5H2,(H,16,17). The van der Waals surface area contributed by atoms with E-state index in [9.17, 15) is 4.79 Å². The van der Waals surface area contributed by atoms with Gasteiger partial charge in [0.05, 0.1) is 16.6 Å². The lowest BCUT2D eigenvalue weighted by molar-refractivity contribution is -0.138. The van der Waals surface area contributed by atoms with Crippen LogP contribution in [0.1, 0.15) is 11.4 Å². The fourth-order valence-corrected chi connectivity index (χ4v) is 2.95. The highest BCUT2D eigenvalue weighted by atomic mass is 32.1. The average Bonchev–Trinajstić information content (AvgIpc) is 2.99. The second-order valence-electron chi connectivity index (χ2n) is 4.51. The Morgan fingerprint density at radius 3 is 3.11 bits per heavy atom. The quantitative estimate of drug-likeness (QED) is 0.917. The van der Waals surface area contributed by atoms with Crippen molar-refractivity contribution in [3.63, 3.8) is 0 Å². The van der Waals surface area contributed by atoms with Gasteiger partial charge in [0.25, 0.3) is 0 Å². The van der Waals surface area contributed by atoms with Gasteiger partial charge in [-0.3, -0.25) is 9.78 Å². The van der Waals surface area contributed by atoms with Crippen LogP contribution in [0.4, 0.5) is 0 Å². The van der Waals surface area contributed by atoms with Crippen LogP contribution >= 0.6 is 11.3 Å². The number of rotatable bonds is 4. The van der Waals surface area contributed by atoms with Crippen molar-refractivity contribution >= 4 is 17.3 Å². The van der Waals surface area contributed by atoms with Gasteiger partial charge in [0.15, 0.2) is 0 Å². The van der Waals surface area contributed by atoms with E-state index in [-0.39, 0.29) is 11.8 Å². The van der Waals surface area contributed by atoms with Gasteiger partial charge >= 0.3 is 5.97 Å². The minimum absolute atomic E-state index is 0.157. The van der Waals surface area contributed by atoms with E-state index in [1.807, 2.05) is 17.5 Å². The van der Waals surface area contributed by atoms with Crippen molar-refractivity contribution in [3.05, 3.63) is 34.9 Å². The zero-order valence-electron chi connectivity index (χ0n) is 9.61. The minimum Gasteiger partial charge on any atom is -0.481 e. The maximum absolute atomic E-state index is 10.8. The van der Waals surface area contributed by atoms with E-state index in [0.29, 0.717) is 0 Å². The van der Waals surface area contributed by atoms with Crippen LogP contribution in [0.3, 0.4) is 0 Å². The van der Waals surface area contributed by atoms with E-state index in [0.717, 1.165) is 29.1 Å². The predicted molar refractivity (Wildman–Crippen MR) is 68.3 cm³/mol. The molecule has 0 amide bonds. The minimum atomic E-state index is -0.677. The lowest BCUT2D eigenvalue weighted by atomic mass is 10.2. The number of hydrogen-bond acceptors (Lipinski definition) is 4. The molecule has 2 heterocycles. The zero-order chi connectivity index (χ0) is 12.5. The highest BCUT2D eigenvalue weighted by molar-refractivity contribution is 7.09. The highest BCUT2D eigenvalue weighted by Crippen LogP contribution is 2.41. The summed E-state index contributed by atoms with van der Waals surface area (Å²) in [4.78, 5) is 19.4. The summed E-state index contributed by atoms with van der Waals surface area (Å²) < 4.78 is 0. The lowest BCUT2D eigenvalue weighted by Crippen LogP contribution is -2.00. The number of hydrogen-bond donors (Lipinski definition) is 1. The van der Waals surface area contributed by atoms with Crippen LogP contribution in [-0.2, 0) is 11.2 Å². The molecule has 1 saturated carbocycles. The fraction of sp³-hybridized carbons (Fsp3) is 0.308. The lowest BCUT2D eigenvalue weighted by Gasteiger charge is -1.95. The Balaban J connectivity index is 1.70. The number of carboxylic acids is 1. The fourth-order valence-electron chi connectivity index (χ4n) is 2.05. The van der Waals surface area contributed by atoms with Crippen LogP contribution < -0.4 is 0 Å². The molecule has 1 aliphatic carbocycles. The number of carbonyl (C=O) groups is 1. The number of aliphatic carboxylic acids is 1. The van der Waals surface area contributed by atoms with Crippen LogP contribution in [0.5, 0.6) is 0 Å².